The summed E-state index contributed by atoms with van der Waals surface area (Å²) in [5, 5.41) is 3.17. The number of amides is 1. The molecule has 2 aromatic carbocycles. The summed E-state index contributed by atoms with van der Waals surface area (Å²) in [4.78, 5) is 12.9. The molecule has 0 saturated heterocycles. The second-order valence-corrected chi connectivity index (χ2v) is 11.0. The molecule has 9 heteroatoms. The van der Waals surface area contributed by atoms with Crippen LogP contribution in [-0.4, -0.2) is 45.9 Å². The first-order valence-electron chi connectivity index (χ1n) is 12.2. The number of ether oxygens (including phenoxy) is 3. The Balaban J connectivity index is 1.41. The van der Waals surface area contributed by atoms with E-state index in [2.05, 4.69) is 19.2 Å². The Hall–Kier alpha value is -2.94. The molecule has 0 bridgehead atoms. The number of nitrogens with one attached hydrogen (secondary N) is 1. The van der Waals surface area contributed by atoms with E-state index < -0.39 is 10.0 Å². The van der Waals surface area contributed by atoms with Gasteiger partial charge in [0.25, 0.3) is 0 Å². The molecule has 0 spiro atoms. The lowest BCUT2D eigenvalue weighted by atomic mass is 9.83. The highest BCUT2D eigenvalue weighted by Gasteiger charge is 2.38. The van der Waals surface area contributed by atoms with Crippen molar-refractivity contribution in [3.05, 3.63) is 48.0 Å². The Morgan fingerprint density at radius 1 is 1.06 bits per heavy atom. The van der Waals surface area contributed by atoms with Gasteiger partial charge in [-0.2, -0.15) is 0 Å². The average molecular weight is 503 g/mol. The van der Waals surface area contributed by atoms with Gasteiger partial charge in [0, 0.05) is 31.0 Å². The number of hydrogen-bond acceptors (Lipinski definition) is 6. The van der Waals surface area contributed by atoms with E-state index in [1.165, 1.54) is 4.31 Å². The molecule has 0 unspecified atom stereocenters. The van der Waals surface area contributed by atoms with Gasteiger partial charge in [-0.3, -0.25) is 9.10 Å². The summed E-state index contributed by atoms with van der Waals surface area (Å²) in [6, 6.07) is 12.8. The van der Waals surface area contributed by atoms with Crippen LogP contribution in [0.3, 0.4) is 0 Å². The van der Waals surface area contributed by atoms with E-state index >= 15 is 0 Å². The first-order chi connectivity index (χ1) is 16.7. The largest absolute Gasteiger partial charge is 0.487 e. The number of para-hydroxylation sites is 1. The zero-order valence-electron chi connectivity index (χ0n) is 20.6. The molecule has 2 aliphatic rings. The van der Waals surface area contributed by atoms with Crippen molar-refractivity contribution in [2.75, 3.05) is 30.3 Å². The molecule has 2 heterocycles. The second kappa shape index (κ2) is 10.4. The van der Waals surface area contributed by atoms with E-state index in [1.807, 2.05) is 24.3 Å². The summed E-state index contributed by atoms with van der Waals surface area (Å²) in [5.41, 5.74) is 1.16. The van der Waals surface area contributed by atoms with Gasteiger partial charge in [0.15, 0.2) is 11.5 Å². The predicted molar refractivity (Wildman–Crippen MR) is 135 cm³/mol. The summed E-state index contributed by atoms with van der Waals surface area (Å²) in [5.74, 6) is 1.83. The number of benzene rings is 2. The van der Waals surface area contributed by atoms with Gasteiger partial charge in [-0.15, -0.1) is 0 Å². The summed E-state index contributed by atoms with van der Waals surface area (Å²) >= 11 is 0. The third-order valence-corrected chi connectivity index (χ3v) is 7.99. The maximum absolute atomic E-state index is 12.9. The van der Waals surface area contributed by atoms with Crippen LogP contribution in [0.5, 0.6) is 17.2 Å². The highest BCUT2D eigenvalue weighted by atomic mass is 32.2. The van der Waals surface area contributed by atoms with Crippen molar-refractivity contribution in [2.45, 2.75) is 57.6 Å². The van der Waals surface area contributed by atoms with Crippen molar-refractivity contribution in [1.29, 1.82) is 0 Å². The fourth-order valence-electron chi connectivity index (χ4n) is 4.75. The summed E-state index contributed by atoms with van der Waals surface area (Å²) in [6.45, 7) is 5.28. The summed E-state index contributed by atoms with van der Waals surface area (Å²) < 4.78 is 43.8. The zero-order valence-corrected chi connectivity index (χ0v) is 21.4. The fourth-order valence-corrected chi connectivity index (χ4v) is 5.71. The number of carbonyl (C=O) groups excluding carboxylic acids is 1. The van der Waals surface area contributed by atoms with Gasteiger partial charge in [0.1, 0.15) is 24.6 Å². The second-order valence-electron chi connectivity index (χ2n) is 9.12. The van der Waals surface area contributed by atoms with Gasteiger partial charge in [0.05, 0.1) is 18.0 Å². The molecule has 0 saturated carbocycles. The molecule has 2 aromatic rings. The molecular weight excluding hydrogens is 468 g/mol. The van der Waals surface area contributed by atoms with Crippen LogP contribution in [0, 0.1) is 0 Å². The normalized spacial score (nSPS) is 18.2. The zero-order chi connectivity index (χ0) is 25.1. The lowest BCUT2D eigenvalue weighted by molar-refractivity contribution is -0.122. The lowest BCUT2D eigenvalue weighted by Gasteiger charge is -2.41. The van der Waals surface area contributed by atoms with Crippen LogP contribution < -0.4 is 23.8 Å². The van der Waals surface area contributed by atoms with Gasteiger partial charge in [0.2, 0.25) is 15.9 Å². The standard InChI is InChI=1S/C26H34N2O6S/c1-4-26(5-2)18-21(20-9-6-7-10-22(20)34-26)27-25(29)11-8-14-28(35(3,30)31)19-12-13-23-24(17-19)33-16-15-32-23/h6-7,9-10,12-13,17,21H,4-5,8,11,14-16,18H2,1-3H3,(H,27,29)/t21-/m0/s1. The van der Waals surface area contributed by atoms with Crippen LogP contribution in [-0.2, 0) is 14.8 Å². The topological polar surface area (TPSA) is 94.2 Å². The van der Waals surface area contributed by atoms with E-state index in [9.17, 15) is 13.2 Å². The monoisotopic (exact) mass is 502 g/mol. The minimum Gasteiger partial charge on any atom is -0.487 e. The third-order valence-electron chi connectivity index (χ3n) is 6.80. The molecule has 190 valence electrons. The van der Waals surface area contributed by atoms with E-state index in [0.717, 1.165) is 30.4 Å². The Kier molecular flexibility index (Phi) is 7.44. The first kappa shape index (κ1) is 25.2. The maximum Gasteiger partial charge on any atom is 0.232 e. The minimum atomic E-state index is -3.54. The number of anilines is 1. The van der Waals surface area contributed by atoms with Gasteiger partial charge >= 0.3 is 0 Å². The fraction of sp³-hybridized carbons (Fsp3) is 0.500. The number of hydrogen-bond donors (Lipinski definition) is 1. The Morgan fingerprint density at radius 3 is 2.49 bits per heavy atom. The number of nitrogens with zero attached hydrogens (tertiary/aromatic N) is 1. The van der Waals surface area contributed by atoms with Crippen molar-refractivity contribution in [2.24, 2.45) is 0 Å². The molecule has 0 fully saturated rings. The number of fused-ring (bicyclic) bond motifs is 2. The predicted octanol–water partition coefficient (Wildman–Crippen LogP) is 4.20. The SMILES string of the molecule is CCC1(CC)C[C@H](NC(=O)CCCN(c2ccc3c(c2)OCCO3)S(C)(=O)=O)c2ccccc2O1. The van der Waals surface area contributed by atoms with Crippen molar-refractivity contribution in [3.8, 4) is 17.2 Å². The molecule has 1 N–H and O–H groups in total. The molecule has 1 amide bonds. The third kappa shape index (κ3) is 5.66. The molecule has 0 aliphatic carbocycles. The molecule has 4 rings (SSSR count). The molecule has 0 radical (unpaired) electrons. The highest BCUT2D eigenvalue weighted by Crippen LogP contribution is 2.42. The van der Waals surface area contributed by atoms with Crippen molar-refractivity contribution in [1.82, 2.24) is 5.32 Å². The minimum absolute atomic E-state index is 0.108. The molecule has 1 atom stereocenters. The van der Waals surface area contributed by atoms with Gasteiger partial charge < -0.3 is 19.5 Å². The van der Waals surface area contributed by atoms with Gasteiger partial charge in [-0.05, 0) is 37.5 Å². The van der Waals surface area contributed by atoms with Crippen LogP contribution in [0.1, 0.15) is 57.6 Å². The van der Waals surface area contributed by atoms with Crippen molar-refractivity contribution >= 4 is 21.6 Å². The van der Waals surface area contributed by atoms with E-state index in [1.54, 1.807) is 18.2 Å². The van der Waals surface area contributed by atoms with Crippen LogP contribution in [0.2, 0.25) is 0 Å². The van der Waals surface area contributed by atoms with E-state index in [-0.39, 0.29) is 30.5 Å². The first-order valence-corrected chi connectivity index (χ1v) is 14.0. The summed E-state index contributed by atoms with van der Waals surface area (Å²) in [7, 11) is -3.54. The molecular formula is C26H34N2O6S. The Morgan fingerprint density at radius 2 is 1.77 bits per heavy atom. The Labute approximate surface area is 207 Å². The van der Waals surface area contributed by atoms with Gasteiger partial charge in [-0.25, -0.2) is 8.42 Å². The lowest BCUT2D eigenvalue weighted by Crippen LogP contribution is -2.44. The van der Waals surface area contributed by atoms with Crippen LogP contribution >= 0.6 is 0 Å². The maximum atomic E-state index is 12.9. The van der Waals surface area contributed by atoms with E-state index in [4.69, 9.17) is 14.2 Å². The van der Waals surface area contributed by atoms with Crippen LogP contribution in [0.4, 0.5) is 5.69 Å². The van der Waals surface area contributed by atoms with Crippen molar-refractivity contribution < 1.29 is 27.4 Å². The Bertz CT molecular complexity index is 1160. The average Bonchev–Trinajstić information content (AvgIpc) is 2.85. The summed E-state index contributed by atoms with van der Waals surface area (Å²) in [6.07, 6.45) is 4.16. The number of carbonyl (C=O) groups is 1. The van der Waals surface area contributed by atoms with E-state index in [0.29, 0.717) is 43.2 Å². The smallest absolute Gasteiger partial charge is 0.232 e. The molecule has 8 nitrogen and oxygen atoms in total. The van der Waals surface area contributed by atoms with Crippen LogP contribution in [0.25, 0.3) is 0 Å². The van der Waals surface area contributed by atoms with Gasteiger partial charge in [-0.1, -0.05) is 32.0 Å². The van der Waals surface area contributed by atoms with Crippen LogP contribution in [0.15, 0.2) is 42.5 Å². The molecule has 2 aliphatic heterocycles. The highest BCUT2D eigenvalue weighted by molar-refractivity contribution is 7.92. The van der Waals surface area contributed by atoms with Crippen molar-refractivity contribution in [3.63, 3.8) is 0 Å². The number of sulfonamides is 1. The number of rotatable bonds is 9. The molecule has 35 heavy (non-hydrogen) atoms. The quantitative estimate of drug-likeness (QED) is 0.552. The molecule has 0 aromatic heterocycles.